The summed E-state index contributed by atoms with van der Waals surface area (Å²) in [6.07, 6.45) is 3.01. The SMILES string of the molecule is CC(Cc1ccc(Cl)cc1)N(C)C(=O)C1CC1. The summed E-state index contributed by atoms with van der Waals surface area (Å²) in [7, 11) is 1.90. The minimum Gasteiger partial charge on any atom is -0.342 e. The molecule has 1 atom stereocenters. The molecule has 1 aromatic carbocycles. The van der Waals surface area contributed by atoms with Crippen molar-refractivity contribution in [3.05, 3.63) is 34.9 Å². The van der Waals surface area contributed by atoms with E-state index in [4.69, 9.17) is 11.6 Å². The van der Waals surface area contributed by atoms with Crippen molar-refractivity contribution in [2.75, 3.05) is 7.05 Å². The van der Waals surface area contributed by atoms with E-state index in [1.807, 2.05) is 36.2 Å². The van der Waals surface area contributed by atoms with Crippen LogP contribution in [0, 0.1) is 5.92 Å². The highest BCUT2D eigenvalue weighted by Gasteiger charge is 2.33. The van der Waals surface area contributed by atoms with Gasteiger partial charge in [0.15, 0.2) is 0 Å². The van der Waals surface area contributed by atoms with Gasteiger partial charge < -0.3 is 4.90 Å². The molecule has 1 unspecified atom stereocenters. The third-order valence-electron chi connectivity index (χ3n) is 3.38. The fourth-order valence-electron chi connectivity index (χ4n) is 1.93. The lowest BCUT2D eigenvalue weighted by molar-refractivity contribution is -0.132. The van der Waals surface area contributed by atoms with Crippen LogP contribution >= 0.6 is 11.6 Å². The van der Waals surface area contributed by atoms with Crippen molar-refractivity contribution >= 4 is 17.5 Å². The molecular weight excluding hydrogens is 234 g/mol. The van der Waals surface area contributed by atoms with Gasteiger partial charge in [-0.15, -0.1) is 0 Å². The maximum absolute atomic E-state index is 11.9. The number of nitrogens with zero attached hydrogens (tertiary/aromatic N) is 1. The molecule has 0 aromatic heterocycles. The van der Waals surface area contributed by atoms with Gasteiger partial charge in [0.2, 0.25) is 5.91 Å². The number of hydrogen-bond donors (Lipinski definition) is 0. The minimum absolute atomic E-state index is 0.240. The molecule has 0 bridgehead atoms. The number of carbonyl (C=O) groups excluding carboxylic acids is 1. The van der Waals surface area contributed by atoms with Crippen molar-refractivity contribution < 1.29 is 4.79 Å². The van der Waals surface area contributed by atoms with Gasteiger partial charge in [-0.2, -0.15) is 0 Å². The molecule has 1 amide bonds. The Hall–Kier alpha value is -1.02. The van der Waals surface area contributed by atoms with E-state index in [9.17, 15) is 4.79 Å². The van der Waals surface area contributed by atoms with Crippen LogP contribution in [-0.4, -0.2) is 23.9 Å². The summed E-state index contributed by atoms with van der Waals surface area (Å²) >= 11 is 5.85. The molecule has 0 radical (unpaired) electrons. The molecule has 1 aliphatic rings. The smallest absolute Gasteiger partial charge is 0.225 e. The van der Waals surface area contributed by atoms with E-state index >= 15 is 0 Å². The highest BCUT2D eigenvalue weighted by atomic mass is 35.5. The fraction of sp³-hybridized carbons (Fsp3) is 0.500. The minimum atomic E-state index is 0.240. The maximum Gasteiger partial charge on any atom is 0.225 e. The Labute approximate surface area is 108 Å². The summed E-state index contributed by atoms with van der Waals surface area (Å²) in [6.45, 7) is 2.09. The first-order valence-electron chi connectivity index (χ1n) is 6.09. The Morgan fingerprint density at radius 2 is 2.00 bits per heavy atom. The summed E-state index contributed by atoms with van der Waals surface area (Å²) in [5, 5.41) is 0.754. The average Bonchev–Trinajstić information content (AvgIpc) is 3.14. The molecule has 17 heavy (non-hydrogen) atoms. The third kappa shape index (κ3) is 3.22. The van der Waals surface area contributed by atoms with Crippen LogP contribution in [-0.2, 0) is 11.2 Å². The first-order chi connectivity index (χ1) is 8.08. The average molecular weight is 252 g/mol. The second-order valence-corrected chi connectivity index (χ2v) is 5.34. The molecule has 0 N–H and O–H groups in total. The van der Waals surface area contributed by atoms with Crippen molar-refractivity contribution in [3.8, 4) is 0 Å². The van der Waals surface area contributed by atoms with E-state index in [-0.39, 0.29) is 6.04 Å². The first kappa shape index (κ1) is 12.4. The Morgan fingerprint density at radius 3 is 2.53 bits per heavy atom. The molecule has 92 valence electrons. The number of halogens is 1. The van der Waals surface area contributed by atoms with Crippen LogP contribution in [0.25, 0.3) is 0 Å². The summed E-state index contributed by atoms with van der Waals surface area (Å²) in [6, 6.07) is 8.07. The van der Waals surface area contributed by atoms with Gasteiger partial charge in [0, 0.05) is 24.0 Å². The summed E-state index contributed by atoms with van der Waals surface area (Å²) < 4.78 is 0. The van der Waals surface area contributed by atoms with Gasteiger partial charge in [0.1, 0.15) is 0 Å². The zero-order valence-electron chi connectivity index (χ0n) is 10.3. The monoisotopic (exact) mass is 251 g/mol. The summed E-state index contributed by atoms with van der Waals surface area (Å²) in [5.41, 5.74) is 1.22. The standard InChI is InChI=1S/C14H18ClNO/c1-10(16(2)14(17)12-5-6-12)9-11-3-7-13(15)8-4-11/h3-4,7-8,10,12H,5-6,9H2,1-2H3. The summed E-state index contributed by atoms with van der Waals surface area (Å²) in [4.78, 5) is 13.8. The number of hydrogen-bond acceptors (Lipinski definition) is 1. The zero-order chi connectivity index (χ0) is 12.4. The Bertz CT molecular complexity index is 397. The maximum atomic E-state index is 11.9. The van der Waals surface area contributed by atoms with E-state index in [1.54, 1.807) is 0 Å². The van der Waals surface area contributed by atoms with Gasteiger partial charge in [0.25, 0.3) is 0 Å². The molecule has 1 aliphatic carbocycles. The largest absolute Gasteiger partial charge is 0.342 e. The molecule has 0 heterocycles. The van der Waals surface area contributed by atoms with E-state index in [0.29, 0.717) is 11.8 Å². The van der Waals surface area contributed by atoms with Crippen LogP contribution in [0.1, 0.15) is 25.3 Å². The number of benzene rings is 1. The highest BCUT2D eigenvalue weighted by molar-refractivity contribution is 6.30. The van der Waals surface area contributed by atoms with Gasteiger partial charge in [0.05, 0.1) is 0 Å². The second kappa shape index (κ2) is 5.09. The van der Waals surface area contributed by atoms with Crippen LogP contribution in [0.3, 0.4) is 0 Å². The molecule has 1 aromatic rings. The predicted octanol–water partition coefficient (Wildman–Crippen LogP) is 3.14. The molecule has 0 aliphatic heterocycles. The molecule has 1 saturated carbocycles. The Morgan fingerprint density at radius 1 is 1.41 bits per heavy atom. The molecule has 1 fully saturated rings. The normalized spacial score (nSPS) is 16.6. The Balaban J connectivity index is 1.93. The van der Waals surface area contributed by atoms with Crippen LogP contribution in [0.2, 0.25) is 5.02 Å². The molecule has 2 rings (SSSR count). The van der Waals surface area contributed by atoms with E-state index < -0.39 is 0 Å². The quantitative estimate of drug-likeness (QED) is 0.805. The number of likely N-dealkylation sites (N-methyl/N-ethyl adjacent to an activating group) is 1. The van der Waals surface area contributed by atoms with Crippen LogP contribution in [0.15, 0.2) is 24.3 Å². The lowest BCUT2D eigenvalue weighted by Crippen LogP contribution is -2.37. The van der Waals surface area contributed by atoms with Crippen molar-refractivity contribution in [2.45, 2.75) is 32.2 Å². The lowest BCUT2D eigenvalue weighted by Gasteiger charge is -2.25. The number of carbonyl (C=O) groups is 1. The fourth-order valence-corrected chi connectivity index (χ4v) is 2.06. The van der Waals surface area contributed by atoms with Crippen LogP contribution < -0.4 is 0 Å². The first-order valence-corrected chi connectivity index (χ1v) is 6.47. The van der Waals surface area contributed by atoms with Crippen molar-refractivity contribution in [2.24, 2.45) is 5.92 Å². The van der Waals surface area contributed by atoms with Gasteiger partial charge in [-0.05, 0) is 43.9 Å². The topological polar surface area (TPSA) is 20.3 Å². The van der Waals surface area contributed by atoms with Crippen LogP contribution in [0.4, 0.5) is 0 Å². The predicted molar refractivity (Wildman–Crippen MR) is 70.1 cm³/mol. The molecule has 0 saturated heterocycles. The van der Waals surface area contributed by atoms with Gasteiger partial charge in [-0.3, -0.25) is 4.79 Å². The van der Waals surface area contributed by atoms with Gasteiger partial charge in [-0.1, -0.05) is 23.7 Å². The van der Waals surface area contributed by atoms with Crippen LogP contribution in [0.5, 0.6) is 0 Å². The van der Waals surface area contributed by atoms with Crippen molar-refractivity contribution in [1.82, 2.24) is 4.90 Å². The third-order valence-corrected chi connectivity index (χ3v) is 3.63. The van der Waals surface area contributed by atoms with Crippen molar-refractivity contribution in [3.63, 3.8) is 0 Å². The molecular formula is C14H18ClNO. The zero-order valence-corrected chi connectivity index (χ0v) is 11.1. The molecule has 3 heteroatoms. The highest BCUT2D eigenvalue weighted by Crippen LogP contribution is 2.31. The Kier molecular flexibility index (Phi) is 3.72. The second-order valence-electron chi connectivity index (χ2n) is 4.90. The van der Waals surface area contributed by atoms with E-state index in [1.165, 1.54) is 5.56 Å². The van der Waals surface area contributed by atoms with Gasteiger partial charge >= 0.3 is 0 Å². The van der Waals surface area contributed by atoms with E-state index in [0.717, 1.165) is 24.3 Å². The van der Waals surface area contributed by atoms with Gasteiger partial charge in [-0.25, -0.2) is 0 Å². The van der Waals surface area contributed by atoms with Crippen molar-refractivity contribution in [1.29, 1.82) is 0 Å². The molecule has 0 spiro atoms. The number of amides is 1. The number of rotatable bonds is 4. The summed E-state index contributed by atoms with van der Waals surface area (Å²) in [5.74, 6) is 0.596. The van der Waals surface area contributed by atoms with E-state index in [2.05, 4.69) is 6.92 Å². The molecule has 2 nitrogen and oxygen atoms in total. The lowest BCUT2D eigenvalue weighted by atomic mass is 10.1.